The summed E-state index contributed by atoms with van der Waals surface area (Å²) in [6.45, 7) is 0.675. The van der Waals surface area contributed by atoms with Crippen molar-refractivity contribution in [3.63, 3.8) is 0 Å². The molecule has 0 aliphatic rings. The number of ether oxygens (including phenoxy) is 1. The summed E-state index contributed by atoms with van der Waals surface area (Å²) in [6, 6.07) is 5.21. The molecule has 0 saturated heterocycles. The number of aromatic hydroxyl groups is 1. The van der Waals surface area contributed by atoms with Gasteiger partial charge in [-0.1, -0.05) is 6.07 Å². The fraction of sp³-hybridized carbons (Fsp3) is 0.364. The lowest BCUT2D eigenvalue weighted by Gasteiger charge is -2.04. The number of aliphatic hydroxyl groups excluding tert-OH is 1. The molecule has 15 heavy (non-hydrogen) atoms. The summed E-state index contributed by atoms with van der Waals surface area (Å²) in [5.74, 6) is 0.522. The number of para-hydroxylation sites is 1. The zero-order valence-electron chi connectivity index (χ0n) is 8.68. The lowest BCUT2D eigenvalue weighted by Crippen LogP contribution is -1.91. The van der Waals surface area contributed by atoms with Crippen molar-refractivity contribution in [2.75, 3.05) is 20.3 Å². The topological polar surface area (TPSA) is 62.0 Å². The standard InChI is InChI=1S/C11H15NO3/c1-15-10-5-2-4-9(11(10)14)8-12-6-3-7-13/h2,4-5,8,13-14H,3,6-7H2,1H3. The van der Waals surface area contributed by atoms with Crippen LogP contribution in [0.15, 0.2) is 23.2 Å². The number of methoxy groups -OCH3 is 1. The van der Waals surface area contributed by atoms with Crippen LogP contribution >= 0.6 is 0 Å². The van der Waals surface area contributed by atoms with Gasteiger partial charge in [0.05, 0.1) is 7.11 Å². The van der Waals surface area contributed by atoms with Crippen LogP contribution in [0.2, 0.25) is 0 Å². The highest BCUT2D eigenvalue weighted by molar-refractivity contribution is 5.84. The highest BCUT2D eigenvalue weighted by Gasteiger charge is 2.03. The Morgan fingerprint density at radius 2 is 2.27 bits per heavy atom. The molecule has 0 saturated carbocycles. The van der Waals surface area contributed by atoms with E-state index in [9.17, 15) is 5.11 Å². The molecule has 0 heterocycles. The van der Waals surface area contributed by atoms with Gasteiger partial charge in [-0.15, -0.1) is 0 Å². The van der Waals surface area contributed by atoms with Crippen LogP contribution in [0, 0.1) is 0 Å². The van der Waals surface area contributed by atoms with Gasteiger partial charge in [-0.25, -0.2) is 0 Å². The van der Waals surface area contributed by atoms with Crippen molar-refractivity contribution in [2.45, 2.75) is 6.42 Å². The second kappa shape index (κ2) is 6.03. The predicted octanol–water partition coefficient (Wildman–Crippen LogP) is 1.20. The van der Waals surface area contributed by atoms with Gasteiger partial charge in [-0.05, 0) is 18.6 Å². The molecule has 0 atom stereocenters. The van der Waals surface area contributed by atoms with Gasteiger partial charge in [-0.2, -0.15) is 0 Å². The summed E-state index contributed by atoms with van der Waals surface area (Å²) in [5.41, 5.74) is 0.618. The molecule has 0 aromatic heterocycles. The van der Waals surface area contributed by atoms with E-state index in [-0.39, 0.29) is 12.4 Å². The summed E-state index contributed by atoms with van der Waals surface area (Å²) >= 11 is 0. The largest absolute Gasteiger partial charge is 0.504 e. The molecule has 1 aromatic rings. The molecule has 0 spiro atoms. The summed E-state index contributed by atoms with van der Waals surface area (Å²) in [7, 11) is 1.50. The number of aliphatic hydroxyl groups is 1. The van der Waals surface area contributed by atoms with Crippen LogP contribution < -0.4 is 4.74 Å². The summed E-state index contributed by atoms with van der Waals surface area (Å²) < 4.78 is 4.96. The van der Waals surface area contributed by atoms with Crippen molar-refractivity contribution in [2.24, 2.45) is 4.99 Å². The van der Waals surface area contributed by atoms with Crippen molar-refractivity contribution in [1.82, 2.24) is 0 Å². The molecular formula is C11H15NO3. The summed E-state index contributed by atoms with van der Waals surface area (Å²) in [6.07, 6.45) is 2.20. The third-order valence-electron chi connectivity index (χ3n) is 1.93. The van der Waals surface area contributed by atoms with Gasteiger partial charge in [0.25, 0.3) is 0 Å². The van der Waals surface area contributed by atoms with E-state index in [0.29, 0.717) is 24.3 Å². The quantitative estimate of drug-likeness (QED) is 0.566. The first-order valence-corrected chi connectivity index (χ1v) is 4.76. The van der Waals surface area contributed by atoms with Crippen molar-refractivity contribution >= 4 is 6.21 Å². The fourth-order valence-corrected chi connectivity index (χ4v) is 1.13. The third-order valence-corrected chi connectivity index (χ3v) is 1.93. The molecule has 4 nitrogen and oxygen atoms in total. The fourth-order valence-electron chi connectivity index (χ4n) is 1.13. The number of phenols is 1. The molecule has 0 bridgehead atoms. The van der Waals surface area contributed by atoms with Crippen LogP contribution in [-0.2, 0) is 0 Å². The highest BCUT2D eigenvalue weighted by atomic mass is 16.5. The van der Waals surface area contributed by atoms with Crippen LogP contribution in [0.25, 0.3) is 0 Å². The van der Waals surface area contributed by atoms with Crippen LogP contribution in [0.3, 0.4) is 0 Å². The van der Waals surface area contributed by atoms with E-state index in [1.165, 1.54) is 7.11 Å². The smallest absolute Gasteiger partial charge is 0.166 e. The van der Waals surface area contributed by atoms with E-state index in [4.69, 9.17) is 9.84 Å². The van der Waals surface area contributed by atoms with Crippen molar-refractivity contribution in [1.29, 1.82) is 0 Å². The maximum absolute atomic E-state index is 9.68. The normalized spacial score (nSPS) is 10.8. The predicted molar refractivity (Wildman–Crippen MR) is 58.8 cm³/mol. The molecule has 0 amide bonds. The molecule has 82 valence electrons. The summed E-state index contributed by atoms with van der Waals surface area (Å²) in [4.78, 5) is 4.07. The molecule has 4 heteroatoms. The van der Waals surface area contributed by atoms with Crippen LogP contribution in [0.5, 0.6) is 11.5 Å². The Morgan fingerprint density at radius 1 is 1.47 bits per heavy atom. The molecule has 0 unspecified atom stereocenters. The Kier molecular flexibility index (Phi) is 4.63. The SMILES string of the molecule is COc1cccc(C=NCCCO)c1O. The number of benzene rings is 1. The van der Waals surface area contributed by atoms with E-state index in [2.05, 4.69) is 4.99 Å². The third kappa shape index (κ3) is 3.25. The molecule has 0 fully saturated rings. The van der Waals surface area contributed by atoms with Crippen LogP contribution in [0.4, 0.5) is 0 Å². The minimum absolute atomic E-state index is 0.0905. The van der Waals surface area contributed by atoms with Gasteiger partial charge >= 0.3 is 0 Å². The molecule has 0 aliphatic carbocycles. The Hall–Kier alpha value is -1.55. The number of hydrogen-bond acceptors (Lipinski definition) is 4. The van der Waals surface area contributed by atoms with E-state index in [0.717, 1.165) is 0 Å². The first-order chi connectivity index (χ1) is 7.29. The van der Waals surface area contributed by atoms with E-state index in [1.54, 1.807) is 24.4 Å². The van der Waals surface area contributed by atoms with Gasteiger partial charge in [0.1, 0.15) is 0 Å². The Morgan fingerprint density at radius 3 is 2.93 bits per heavy atom. The Balaban J connectivity index is 2.72. The molecule has 1 rings (SSSR count). The van der Waals surface area contributed by atoms with Gasteiger partial charge in [0.15, 0.2) is 11.5 Å². The second-order valence-electron chi connectivity index (χ2n) is 3.01. The maximum Gasteiger partial charge on any atom is 0.166 e. The van der Waals surface area contributed by atoms with Crippen molar-refractivity contribution < 1.29 is 14.9 Å². The van der Waals surface area contributed by atoms with Crippen molar-refractivity contribution in [3.8, 4) is 11.5 Å². The average Bonchev–Trinajstić information content (AvgIpc) is 2.26. The second-order valence-corrected chi connectivity index (χ2v) is 3.01. The van der Waals surface area contributed by atoms with E-state index >= 15 is 0 Å². The Labute approximate surface area is 88.9 Å². The Bertz CT molecular complexity index is 337. The van der Waals surface area contributed by atoms with E-state index in [1.807, 2.05) is 0 Å². The average molecular weight is 209 g/mol. The monoisotopic (exact) mass is 209 g/mol. The molecule has 0 aliphatic heterocycles. The highest BCUT2D eigenvalue weighted by Crippen LogP contribution is 2.27. The molecule has 1 aromatic carbocycles. The number of nitrogens with zero attached hydrogens (tertiary/aromatic N) is 1. The van der Waals surface area contributed by atoms with Crippen LogP contribution in [0.1, 0.15) is 12.0 Å². The summed E-state index contributed by atoms with van der Waals surface area (Å²) in [5, 5.41) is 18.2. The first kappa shape index (κ1) is 11.5. The van der Waals surface area contributed by atoms with Gasteiger partial charge in [-0.3, -0.25) is 4.99 Å². The minimum Gasteiger partial charge on any atom is -0.504 e. The lowest BCUT2D eigenvalue weighted by molar-refractivity contribution is 0.291. The number of aliphatic imine (C=N–C) groups is 1. The van der Waals surface area contributed by atoms with Gasteiger partial charge < -0.3 is 14.9 Å². The maximum atomic E-state index is 9.68. The zero-order valence-corrected chi connectivity index (χ0v) is 8.68. The number of phenolic OH excluding ortho intramolecular Hbond substituents is 1. The lowest BCUT2D eigenvalue weighted by atomic mass is 10.2. The van der Waals surface area contributed by atoms with E-state index < -0.39 is 0 Å². The van der Waals surface area contributed by atoms with Gasteiger partial charge in [0, 0.05) is 24.9 Å². The van der Waals surface area contributed by atoms with Gasteiger partial charge in [0.2, 0.25) is 0 Å². The molecule has 0 radical (unpaired) electrons. The first-order valence-electron chi connectivity index (χ1n) is 4.76. The number of rotatable bonds is 5. The van der Waals surface area contributed by atoms with Crippen molar-refractivity contribution in [3.05, 3.63) is 23.8 Å². The zero-order chi connectivity index (χ0) is 11.1. The number of hydrogen-bond donors (Lipinski definition) is 2. The molecular weight excluding hydrogens is 194 g/mol. The minimum atomic E-state index is 0.0905. The van der Waals surface area contributed by atoms with Crippen LogP contribution in [-0.4, -0.2) is 36.7 Å². The molecule has 2 N–H and O–H groups in total.